The maximum Gasteiger partial charge on any atom is 0.258 e. The molecule has 0 spiro atoms. The summed E-state index contributed by atoms with van der Waals surface area (Å²) >= 11 is 0. The molecular weight excluding hydrogens is 531 g/mol. The minimum Gasteiger partial charge on any atom is -0.368 e. The molecule has 1 aliphatic heterocycles. The summed E-state index contributed by atoms with van der Waals surface area (Å²) in [4.78, 5) is 19.6. The van der Waals surface area contributed by atoms with Crippen molar-refractivity contribution in [3.05, 3.63) is 76.6 Å². The molecule has 5 nitrogen and oxygen atoms in total. The van der Waals surface area contributed by atoms with E-state index in [-0.39, 0.29) is 30.9 Å². The second-order valence-electron chi connectivity index (χ2n) is 9.08. The first kappa shape index (κ1) is 30.3. The molecule has 2 heterocycles. The highest BCUT2D eigenvalue weighted by Crippen LogP contribution is 2.35. The van der Waals surface area contributed by atoms with Crippen LogP contribution in [0, 0.1) is 43.0 Å². The number of anilines is 2. The lowest BCUT2D eigenvalue weighted by Crippen LogP contribution is -2.46. The fourth-order valence-corrected chi connectivity index (χ4v) is 4.68. The minimum absolute atomic E-state index is 0. The van der Waals surface area contributed by atoms with Crippen LogP contribution in [-0.2, 0) is 0 Å². The molecule has 3 N–H and O–H groups in total. The van der Waals surface area contributed by atoms with Gasteiger partial charge in [-0.05, 0) is 56.5 Å². The molecule has 37 heavy (non-hydrogen) atoms. The van der Waals surface area contributed by atoms with E-state index in [9.17, 15) is 18.0 Å². The molecule has 1 aromatic heterocycles. The van der Waals surface area contributed by atoms with E-state index in [1.807, 2.05) is 13.0 Å². The number of benzene rings is 2. The van der Waals surface area contributed by atoms with Crippen molar-refractivity contribution in [3.63, 3.8) is 0 Å². The zero-order valence-corrected chi connectivity index (χ0v) is 22.1. The van der Waals surface area contributed by atoms with Gasteiger partial charge in [-0.1, -0.05) is 13.0 Å². The maximum atomic E-state index is 15.4. The number of nitrogens with one attached hydrogen (secondary N) is 1. The topological polar surface area (TPSA) is 71.2 Å². The number of carbonyl (C=O) groups is 1. The highest BCUT2D eigenvalue weighted by molar-refractivity contribution is 6.07. The van der Waals surface area contributed by atoms with Gasteiger partial charge in [0.15, 0.2) is 0 Å². The van der Waals surface area contributed by atoms with Gasteiger partial charge in [0.2, 0.25) is 0 Å². The fourth-order valence-electron chi connectivity index (χ4n) is 4.68. The Labute approximate surface area is 225 Å². The van der Waals surface area contributed by atoms with Gasteiger partial charge in [0.05, 0.1) is 33.8 Å². The van der Waals surface area contributed by atoms with Crippen molar-refractivity contribution in [1.29, 1.82) is 0 Å². The van der Waals surface area contributed by atoms with Crippen LogP contribution in [0.1, 0.15) is 35.1 Å². The van der Waals surface area contributed by atoms with Crippen molar-refractivity contribution in [3.8, 4) is 11.1 Å². The molecular formula is C26H28Cl2F4N4O. The predicted molar refractivity (Wildman–Crippen MR) is 142 cm³/mol. The Morgan fingerprint density at radius 3 is 2.24 bits per heavy atom. The molecule has 2 aromatic carbocycles. The summed E-state index contributed by atoms with van der Waals surface area (Å²) in [6.45, 7) is 6.89. The Morgan fingerprint density at radius 1 is 1.00 bits per heavy atom. The van der Waals surface area contributed by atoms with E-state index in [2.05, 4.69) is 22.1 Å². The van der Waals surface area contributed by atoms with Crippen LogP contribution < -0.4 is 16.0 Å². The number of nitrogens with zero attached hydrogens (tertiary/aromatic N) is 2. The van der Waals surface area contributed by atoms with E-state index in [1.165, 1.54) is 0 Å². The number of rotatable bonds is 4. The number of aryl methyl sites for hydroxylation is 2. The third kappa shape index (κ3) is 6.17. The number of halogens is 6. The Hall–Kier alpha value is -2.88. The largest absolute Gasteiger partial charge is 0.368 e. The van der Waals surface area contributed by atoms with Crippen molar-refractivity contribution in [2.24, 2.45) is 11.7 Å². The summed E-state index contributed by atoms with van der Waals surface area (Å²) in [5.74, 6) is -5.41. The minimum atomic E-state index is -1.36. The maximum absolute atomic E-state index is 15.4. The number of hydrogen-bond acceptors (Lipinski definition) is 4. The van der Waals surface area contributed by atoms with Crippen LogP contribution in [0.15, 0.2) is 36.4 Å². The molecule has 4 rings (SSSR count). The Morgan fingerprint density at radius 2 is 1.62 bits per heavy atom. The average molecular weight is 559 g/mol. The molecule has 0 saturated carbocycles. The fraction of sp³-hybridized carbons (Fsp3) is 0.308. The Kier molecular flexibility index (Phi) is 9.93. The summed E-state index contributed by atoms with van der Waals surface area (Å²) in [6.07, 6.45) is 0.872. The molecule has 1 saturated heterocycles. The zero-order chi connectivity index (χ0) is 25.4. The molecule has 1 amide bonds. The number of nitrogens with two attached hydrogens (primary N) is 1. The summed E-state index contributed by atoms with van der Waals surface area (Å²) in [6, 6.07) is 6.38. The van der Waals surface area contributed by atoms with Gasteiger partial charge in [-0.3, -0.25) is 9.78 Å². The van der Waals surface area contributed by atoms with Crippen LogP contribution in [0.3, 0.4) is 0 Å². The van der Waals surface area contributed by atoms with E-state index < -0.39 is 45.9 Å². The number of pyridine rings is 1. The van der Waals surface area contributed by atoms with E-state index in [4.69, 9.17) is 5.73 Å². The smallest absolute Gasteiger partial charge is 0.258 e. The average Bonchev–Trinajstić information content (AvgIpc) is 2.76. The summed E-state index contributed by atoms with van der Waals surface area (Å²) < 4.78 is 58.5. The SMILES string of the molecule is Cc1cc(N2C[C@H](C)C[C@H](N)C2)c(NC(=O)c2ccc(F)c(-c3c(F)cccc3F)c2F)c(C)n1.Cl.Cl. The monoisotopic (exact) mass is 558 g/mol. The van der Waals surface area contributed by atoms with E-state index in [0.717, 1.165) is 42.4 Å². The number of aromatic nitrogens is 1. The van der Waals surface area contributed by atoms with Gasteiger partial charge >= 0.3 is 0 Å². The number of piperidine rings is 1. The van der Waals surface area contributed by atoms with Gasteiger partial charge in [-0.2, -0.15) is 0 Å². The molecule has 3 aromatic rings. The first-order valence-corrected chi connectivity index (χ1v) is 11.3. The number of amides is 1. The highest BCUT2D eigenvalue weighted by atomic mass is 35.5. The molecule has 0 bridgehead atoms. The van der Waals surface area contributed by atoms with Gasteiger partial charge in [0, 0.05) is 24.8 Å². The first-order valence-electron chi connectivity index (χ1n) is 11.3. The van der Waals surface area contributed by atoms with Crippen molar-refractivity contribution in [2.45, 2.75) is 33.2 Å². The second-order valence-corrected chi connectivity index (χ2v) is 9.08. The lowest BCUT2D eigenvalue weighted by Gasteiger charge is -2.37. The van der Waals surface area contributed by atoms with Crippen LogP contribution in [0.2, 0.25) is 0 Å². The Bertz CT molecular complexity index is 1280. The first-order chi connectivity index (χ1) is 16.6. The van der Waals surface area contributed by atoms with Crippen molar-refractivity contribution >= 4 is 42.1 Å². The third-order valence-corrected chi connectivity index (χ3v) is 6.13. The lowest BCUT2D eigenvalue weighted by atomic mass is 9.95. The lowest BCUT2D eigenvalue weighted by molar-refractivity contribution is 0.102. The van der Waals surface area contributed by atoms with Crippen LogP contribution in [0.5, 0.6) is 0 Å². The molecule has 1 aliphatic rings. The van der Waals surface area contributed by atoms with Crippen LogP contribution in [0.25, 0.3) is 11.1 Å². The predicted octanol–water partition coefficient (Wildman–Crippen LogP) is 6.19. The van der Waals surface area contributed by atoms with Gasteiger partial charge < -0.3 is 16.0 Å². The molecule has 1 fully saturated rings. The molecule has 11 heteroatoms. The van der Waals surface area contributed by atoms with Crippen molar-refractivity contribution in [2.75, 3.05) is 23.3 Å². The van der Waals surface area contributed by atoms with Crippen molar-refractivity contribution in [1.82, 2.24) is 4.98 Å². The van der Waals surface area contributed by atoms with E-state index in [1.54, 1.807) is 6.92 Å². The molecule has 200 valence electrons. The summed E-state index contributed by atoms with van der Waals surface area (Å²) in [7, 11) is 0. The second kappa shape index (κ2) is 12.1. The zero-order valence-electron chi connectivity index (χ0n) is 20.4. The van der Waals surface area contributed by atoms with Crippen molar-refractivity contribution < 1.29 is 22.4 Å². The third-order valence-electron chi connectivity index (χ3n) is 6.13. The van der Waals surface area contributed by atoms with Gasteiger partial charge in [0.1, 0.15) is 23.3 Å². The van der Waals surface area contributed by atoms with Gasteiger partial charge in [0.25, 0.3) is 5.91 Å². The van der Waals surface area contributed by atoms with E-state index >= 15 is 4.39 Å². The Balaban J connectivity index is 0.00000241. The van der Waals surface area contributed by atoms with Gasteiger partial charge in [-0.25, -0.2) is 17.6 Å². The number of carbonyl (C=O) groups excluding carboxylic acids is 1. The summed E-state index contributed by atoms with van der Waals surface area (Å²) in [5, 5.41) is 2.68. The van der Waals surface area contributed by atoms with Crippen LogP contribution in [0.4, 0.5) is 28.9 Å². The molecule has 0 unspecified atom stereocenters. The molecule has 0 radical (unpaired) electrons. The highest BCUT2D eigenvalue weighted by Gasteiger charge is 2.28. The van der Waals surface area contributed by atoms with Gasteiger partial charge in [-0.15, -0.1) is 24.8 Å². The standard InChI is InChI=1S/C26H26F4N4O.2ClH/c1-13-9-16(31)12-34(11-13)21-10-14(2)32-15(3)25(21)33-26(35)17-7-8-20(29)23(24(17)30)22-18(27)5-4-6-19(22)28;;/h4-8,10,13,16H,9,11-12,31H2,1-3H3,(H,33,35);2*1H/t13-,16+;;/m1../s1. The number of hydrogen-bond donors (Lipinski definition) is 2. The molecule has 0 aliphatic carbocycles. The van der Waals surface area contributed by atoms with E-state index in [0.29, 0.717) is 36.1 Å². The quantitative estimate of drug-likeness (QED) is 0.374. The normalized spacial score (nSPS) is 17.0. The van der Waals surface area contributed by atoms with Crippen LogP contribution in [-0.4, -0.2) is 30.0 Å². The molecule has 2 atom stereocenters. The summed E-state index contributed by atoms with van der Waals surface area (Å²) in [5.41, 5.74) is 6.12. The van der Waals surface area contributed by atoms with Crippen LogP contribution >= 0.6 is 24.8 Å².